The molecule has 0 aliphatic heterocycles. The van der Waals surface area contributed by atoms with Crippen LogP contribution in [0.2, 0.25) is 0 Å². The first-order chi connectivity index (χ1) is 9.90. The zero-order valence-corrected chi connectivity index (χ0v) is 10.4. The Labute approximate surface area is 116 Å². The first-order valence-electron chi connectivity index (χ1n) is 5.76. The van der Waals surface area contributed by atoms with Crippen LogP contribution in [0.15, 0.2) is 36.4 Å². The van der Waals surface area contributed by atoms with Crippen LogP contribution in [0.1, 0.15) is 17.2 Å². The van der Waals surface area contributed by atoms with Crippen molar-refractivity contribution in [2.24, 2.45) is 0 Å². The van der Waals surface area contributed by atoms with Crippen LogP contribution in [0.4, 0.5) is 22.0 Å². The van der Waals surface area contributed by atoms with Crippen LogP contribution in [-0.4, -0.2) is 11.7 Å². The van der Waals surface area contributed by atoms with Crippen molar-refractivity contribution in [3.63, 3.8) is 0 Å². The molecule has 2 rings (SSSR count). The zero-order chi connectivity index (χ0) is 15.6. The molecule has 0 amide bonds. The molecule has 0 radical (unpaired) electrons. The maximum atomic E-state index is 13.6. The van der Waals surface area contributed by atoms with E-state index in [0.29, 0.717) is 6.07 Å². The highest BCUT2D eigenvalue weighted by Gasteiger charge is 2.20. The molecule has 0 aliphatic carbocycles. The number of benzene rings is 2. The van der Waals surface area contributed by atoms with E-state index >= 15 is 0 Å². The molecule has 7 heteroatoms. The van der Waals surface area contributed by atoms with Gasteiger partial charge in [0, 0.05) is 5.56 Å². The van der Waals surface area contributed by atoms with Gasteiger partial charge >= 0.3 is 6.61 Å². The van der Waals surface area contributed by atoms with E-state index < -0.39 is 35.7 Å². The van der Waals surface area contributed by atoms with Crippen molar-refractivity contribution in [3.05, 3.63) is 65.0 Å². The summed E-state index contributed by atoms with van der Waals surface area (Å²) in [6.45, 7) is -3.00. The van der Waals surface area contributed by atoms with Crippen LogP contribution in [0.3, 0.4) is 0 Å². The van der Waals surface area contributed by atoms with E-state index in [4.69, 9.17) is 0 Å². The number of aliphatic hydroxyl groups excluding tert-OH is 1. The SMILES string of the molecule is OC(c1ccc(OC(F)F)cc1)c1ccc(F)c(F)c1F. The minimum absolute atomic E-state index is 0.113. The van der Waals surface area contributed by atoms with Gasteiger partial charge < -0.3 is 9.84 Å². The van der Waals surface area contributed by atoms with Gasteiger partial charge in [0.05, 0.1) is 0 Å². The highest BCUT2D eigenvalue weighted by Crippen LogP contribution is 2.28. The number of alkyl halides is 2. The van der Waals surface area contributed by atoms with Crippen molar-refractivity contribution in [2.45, 2.75) is 12.7 Å². The third-order valence-electron chi connectivity index (χ3n) is 2.78. The molecule has 2 aromatic carbocycles. The zero-order valence-electron chi connectivity index (χ0n) is 10.4. The van der Waals surface area contributed by atoms with E-state index in [9.17, 15) is 27.1 Å². The monoisotopic (exact) mass is 304 g/mol. The molecule has 0 spiro atoms. The Kier molecular flexibility index (Phi) is 4.42. The Morgan fingerprint density at radius 1 is 0.857 bits per heavy atom. The van der Waals surface area contributed by atoms with Gasteiger partial charge in [-0.2, -0.15) is 8.78 Å². The Bertz CT molecular complexity index is 628. The summed E-state index contributed by atoms with van der Waals surface area (Å²) in [5.41, 5.74) is -0.349. The van der Waals surface area contributed by atoms with Crippen LogP contribution in [0, 0.1) is 17.5 Å². The quantitative estimate of drug-likeness (QED) is 0.688. The normalized spacial score (nSPS) is 12.5. The average molecular weight is 304 g/mol. The summed E-state index contributed by atoms with van der Waals surface area (Å²) in [5.74, 6) is -4.71. The van der Waals surface area contributed by atoms with Gasteiger partial charge in [-0.25, -0.2) is 13.2 Å². The lowest BCUT2D eigenvalue weighted by Gasteiger charge is -2.13. The molecule has 1 atom stereocenters. The summed E-state index contributed by atoms with van der Waals surface area (Å²) < 4.78 is 67.6. The topological polar surface area (TPSA) is 29.5 Å². The summed E-state index contributed by atoms with van der Waals surface area (Å²) in [6, 6.07) is 6.30. The van der Waals surface area contributed by atoms with E-state index in [-0.39, 0.29) is 11.3 Å². The van der Waals surface area contributed by atoms with Gasteiger partial charge in [0.15, 0.2) is 17.5 Å². The molecule has 2 aromatic rings. The summed E-state index contributed by atoms with van der Waals surface area (Å²) in [7, 11) is 0. The van der Waals surface area contributed by atoms with E-state index in [2.05, 4.69) is 4.74 Å². The molecule has 0 saturated carbocycles. The Morgan fingerprint density at radius 3 is 2.05 bits per heavy atom. The highest BCUT2D eigenvalue weighted by molar-refractivity contribution is 5.35. The third kappa shape index (κ3) is 3.30. The molecule has 21 heavy (non-hydrogen) atoms. The van der Waals surface area contributed by atoms with Crippen LogP contribution in [0.25, 0.3) is 0 Å². The maximum absolute atomic E-state index is 13.6. The molecule has 0 saturated heterocycles. The van der Waals surface area contributed by atoms with Gasteiger partial charge in [0.2, 0.25) is 0 Å². The van der Waals surface area contributed by atoms with Crippen molar-refractivity contribution in [2.75, 3.05) is 0 Å². The Morgan fingerprint density at radius 2 is 1.48 bits per heavy atom. The molecule has 2 nitrogen and oxygen atoms in total. The predicted octanol–water partition coefficient (Wildman–Crippen LogP) is 3.79. The van der Waals surface area contributed by atoms with Gasteiger partial charge in [-0.05, 0) is 23.8 Å². The summed E-state index contributed by atoms with van der Waals surface area (Å²) in [4.78, 5) is 0. The second-order valence-corrected chi connectivity index (χ2v) is 4.11. The first kappa shape index (κ1) is 15.2. The summed E-state index contributed by atoms with van der Waals surface area (Å²) in [6.07, 6.45) is -1.57. The van der Waals surface area contributed by atoms with Crippen molar-refractivity contribution in [3.8, 4) is 5.75 Å². The Hall–Kier alpha value is -2.15. The van der Waals surface area contributed by atoms with E-state index in [1.54, 1.807) is 0 Å². The Balaban J connectivity index is 2.28. The molecule has 0 bridgehead atoms. The minimum atomic E-state index is -3.00. The van der Waals surface area contributed by atoms with Gasteiger partial charge in [0.25, 0.3) is 0 Å². The third-order valence-corrected chi connectivity index (χ3v) is 2.78. The standard InChI is InChI=1S/C14H9F5O2/c15-10-6-5-9(11(16)12(10)17)13(20)7-1-3-8(4-2-7)21-14(18)19/h1-6,13-14,20H. The smallest absolute Gasteiger partial charge is 0.387 e. The van der Waals surface area contributed by atoms with Crippen molar-refractivity contribution in [1.29, 1.82) is 0 Å². The fourth-order valence-electron chi connectivity index (χ4n) is 1.76. The fourth-order valence-corrected chi connectivity index (χ4v) is 1.76. The number of hydrogen-bond acceptors (Lipinski definition) is 2. The average Bonchev–Trinajstić information content (AvgIpc) is 2.44. The number of halogens is 5. The van der Waals surface area contributed by atoms with Gasteiger partial charge in [-0.3, -0.25) is 0 Å². The molecule has 0 aliphatic rings. The van der Waals surface area contributed by atoms with Gasteiger partial charge in [-0.15, -0.1) is 0 Å². The lowest BCUT2D eigenvalue weighted by Crippen LogP contribution is -2.06. The van der Waals surface area contributed by atoms with Crippen LogP contribution >= 0.6 is 0 Å². The minimum Gasteiger partial charge on any atom is -0.435 e. The maximum Gasteiger partial charge on any atom is 0.387 e. The first-order valence-corrected chi connectivity index (χ1v) is 5.76. The summed E-state index contributed by atoms with van der Waals surface area (Å²) in [5, 5.41) is 9.94. The second kappa shape index (κ2) is 6.09. The van der Waals surface area contributed by atoms with Crippen molar-refractivity contribution in [1.82, 2.24) is 0 Å². The lowest BCUT2D eigenvalue weighted by molar-refractivity contribution is -0.0498. The van der Waals surface area contributed by atoms with Gasteiger partial charge in [0.1, 0.15) is 11.9 Å². The molecule has 112 valence electrons. The number of hydrogen-bond donors (Lipinski definition) is 1. The van der Waals surface area contributed by atoms with Crippen LogP contribution in [0.5, 0.6) is 5.75 Å². The highest BCUT2D eigenvalue weighted by atomic mass is 19.3. The molecule has 0 heterocycles. The molecular weight excluding hydrogens is 295 g/mol. The van der Waals surface area contributed by atoms with E-state index in [1.807, 2.05) is 0 Å². The van der Waals surface area contributed by atoms with E-state index in [1.165, 1.54) is 12.1 Å². The number of aliphatic hydroxyl groups is 1. The van der Waals surface area contributed by atoms with Crippen molar-refractivity contribution < 1.29 is 31.8 Å². The predicted molar refractivity (Wildman–Crippen MR) is 63.5 cm³/mol. The van der Waals surface area contributed by atoms with E-state index in [0.717, 1.165) is 18.2 Å². The van der Waals surface area contributed by atoms with Crippen LogP contribution < -0.4 is 4.74 Å². The molecule has 1 unspecified atom stereocenters. The molecule has 0 aromatic heterocycles. The van der Waals surface area contributed by atoms with Crippen LogP contribution in [-0.2, 0) is 0 Å². The lowest BCUT2D eigenvalue weighted by atomic mass is 10.0. The number of rotatable bonds is 4. The summed E-state index contributed by atoms with van der Waals surface area (Å²) >= 11 is 0. The van der Waals surface area contributed by atoms with Gasteiger partial charge in [-0.1, -0.05) is 18.2 Å². The number of ether oxygens (including phenoxy) is 1. The molecular formula is C14H9F5O2. The second-order valence-electron chi connectivity index (χ2n) is 4.11. The van der Waals surface area contributed by atoms with Crippen molar-refractivity contribution >= 4 is 0 Å². The fraction of sp³-hybridized carbons (Fsp3) is 0.143. The molecule has 0 fully saturated rings. The largest absolute Gasteiger partial charge is 0.435 e. The molecule has 1 N–H and O–H groups in total.